The Hall–Kier alpha value is -1.95. The number of hydrogen-bond acceptors (Lipinski definition) is 4. The first kappa shape index (κ1) is 11.5. The van der Waals surface area contributed by atoms with Crippen LogP contribution in [0.5, 0.6) is 0 Å². The minimum atomic E-state index is -3.21. The molecular formula is C11H10N2O3S. The van der Waals surface area contributed by atoms with Crippen LogP contribution in [0.3, 0.4) is 0 Å². The molecule has 0 atom stereocenters. The van der Waals surface area contributed by atoms with Crippen molar-refractivity contribution in [2.24, 2.45) is 0 Å². The topological polar surface area (TPSA) is 79.9 Å². The summed E-state index contributed by atoms with van der Waals surface area (Å²) in [5.74, 6) is 0. The molecule has 0 aliphatic carbocycles. The average molecular weight is 250 g/mol. The van der Waals surface area contributed by atoms with Gasteiger partial charge in [0.1, 0.15) is 0 Å². The Balaban J connectivity index is 2.51. The van der Waals surface area contributed by atoms with Crippen LogP contribution in [-0.4, -0.2) is 24.9 Å². The van der Waals surface area contributed by atoms with Gasteiger partial charge in [-0.2, -0.15) is 5.10 Å². The van der Waals surface area contributed by atoms with E-state index in [1.165, 1.54) is 18.3 Å². The van der Waals surface area contributed by atoms with E-state index in [4.69, 9.17) is 0 Å². The molecule has 0 unspecified atom stereocenters. The molecule has 0 aliphatic heterocycles. The van der Waals surface area contributed by atoms with Gasteiger partial charge < -0.3 is 0 Å². The van der Waals surface area contributed by atoms with E-state index in [9.17, 15) is 13.2 Å². The van der Waals surface area contributed by atoms with Crippen LogP contribution in [0.1, 0.15) is 0 Å². The molecule has 0 aliphatic rings. The van der Waals surface area contributed by atoms with Crippen molar-refractivity contribution in [1.29, 1.82) is 0 Å². The molecule has 1 N–H and O–H groups in total. The van der Waals surface area contributed by atoms with Crippen molar-refractivity contribution in [2.75, 3.05) is 6.26 Å². The maximum absolute atomic E-state index is 11.5. The van der Waals surface area contributed by atoms with Gasteiger partial charge in [0.2, 0.25) is 0 Å². The summed E-state index contributed by atoms with van der Waals surface area (Å²) in [6.07, 6.45) is 2.61. The van der Waals surface area contributed by atoms with E-state index in [0.29, 0.717) is 11.1 Å². The lowest BCUT2D eigenvalue weighted by Gasteiger charge is -2.01. The number of rotatable bonds is 2. The van der Waals surface area contributed by atoms with Gasteiger partial charge in [-0.05, 0) is 23.8 Å². The first-order valence-electron chi connectivity index (χ1n) is 4.83. The summed E-state index contributed by atoms with van der Waals surface area (Å²) in [4.78, 5) is 11.7. The van der Waals surface area contributed by atoms with Crippen LogP contribution in [0.2, 0.25) is 0 Å². The summed E-state index contributed by atoms with van der Waals surface area (Å²) in [5.41, 5.74) is 0.806. The molecule has 1 aromatic heterocycles. The van der Waals surface area contributed by atoms with Gasteiger partial charge in [-0.15, -0.1) is 0 Å². The van der Waals surface area contributed by atoms with Gasteiger partial charge >= 0.3 is 0 Å². The third kappa shape index (κ3) is 2.42. The summed E-state index contributed by atoms with van der Waals surface area (Å²) >= 11 is 0. The summed E-state index contributed by atoms with van der Waals surface area (Å²) < 4.78 is 22.5. The molecule has 88 valence electrons. The number of nitrogens with zero attached hydrogens (tertiary/aromatic N) is 1. The number of benzene rings is 1. The Labute approximate surface area is 98.0 Å². The molecule has 1 heterocycles. The van der Waals surface area contributed by atoms with E-state index < -0.39 is 9.84 Å². The highest BCUT2D eigenvalue weighted by molar-refractivity contribution is 7.90. The third-order valence-electron chi connectivity index (χ3n) is 2.32. The zero-order chi connectivity index (χ0) is 12.5. The Morgan fingerprint density at radius 2 is 1.76 bits per heavy atom. The minimum absolute atomic E-state index is 0.228. The van der Waals surface area contributed by atoms with Crippen molar-refractivity contribution in [1.82, 2.24) is 10.2 Å². The van der Waals surface area contributed by atoms with Crippen LogP contribution >= 0.6 is 0 Å². The summed E-state index contributed by atoms with van der Waals surface area (Å²) in [6.45, 7) is 0. The van der Waals surface area contributed by atoms with Crippen LogP contribution in [-0.2, 0) is 9.84 Å². The zero-order valence-corrected chi connectivity index (χ0v) is 9.86. The minimum Gasteiger partial charge on any atom is -0.267 e. The first-order valence-corrected chi connectivity index (χ1v) is 6.72. The van der Waals surface area contributed by atoms with Gasteiger partial charge in [0.25, 0.3) is 5.56 Å². The van der Waals surface area contributed by atoms with Crippen LogP contribution in [0.4, 0.5) is 0 Å². The number of nitrogens with one attached hydrogen (secondary N) is 1. The molecule has 2 rings (SSSR count). The van der Waals surface area contributed by atoms with E-state index >= 15 is 0 Å². The molecular weight excluding hydrogens is 240 g/mol. The van der Waals surface area contributed by atoms with Gasteiger partial charge in [0, 0.05) is 18.0 Å². The van der Waals surface area contributed by atoms with E-state index in [2.05, 4.69) is 10.2 Å². The molecule has 0 fully saturated rings. The maximum atomic E-state index is 11.5. The Morgan fingerprint density at radius 3 is 2.29 bits per heavy atom. The van der Waals surface area contributed by atoms with Crippen molar-refractivity contribution in [2.45, 2.75) is 4.90 Å². The lowest BCUT2D eigenvalue weighted by atomic mass is 10.1. The molecule has 2 aromatic rings. The molecule has 0 bridgehead atoms. The smallest absolute Gasteiger partial charge is 0.267 e. The SMILES string of the molecule is CS(=O)(=O)c1ccc(-c2ccn[nH]c2=O)cc1. The molecule has 0 spiro atoms. The van der Waals surface area contributed by atoms with Gasteiger partial charge in [-0.1, -0.05) is 12.1 Å². The molecule has 0 radical (unpaired) electrons. The average Bonchev–Trinajstić information content (AvgIpc) is 2.29. The second-order valence-corrected chi connectivity index (χ2v) is 5.61. The number of H-pyrrole nitrogens is 1. The van der Waals surface area contributed by atoms with Gasteiger partial charge in [0.15, 0.2) is 9.84 Å². The highest BCUT2D eigenvalue weighted by Gasteiger charge is 2.08. The van der Waals surface area contributed by atoms with E-state index in [0.717, 1.165) is 6.26 Å². The monoisotopic (exact) mass is 250 g/mol. The summed E-state index contributed by atoms with van der Waals surface area (Å²) in [7, 11) is -3.21. The fourth-order valence-electron chi connectivity index (χ4n) is 1.45. The largest absolute Gasteiger partial charge is 0.272 e. The summed E-state index contributed by atoms with van der Waals surface area (Å²) in [5, 5.41) is 5.91. The molecule has 5 nitrogen and oxygen atoms in total. The number of aromatic amines is 1. The van der Waals surface area contributed by atoms with Crippen LogP contribution in [0.25, 0.3) is 11.1 Å². The van der Waals surface area contributed by atoms with Crippen LogP contribution < -0.4 is 5.56 Å². The van der Waals surface area contributed by atoms with Crippen molar-refractivity contribution in [3.63, 3.8) is 0 Å². The Morgan fingerprint density at radius 1 is 1.12 bits per heavy atom. The molecule has 6 heteroatoms. The third-order valence-corrected chi connectivity index (χ3v) is 3.45. The quantitative estimate of drug-likeness (QED) is 0.856. The summed E-state index contributed by atoms with van der Waals surface area (Å²) in [6, 6.07) is 7.73. The van der Waals surface area contributed by atoms with Gasteiger partial charge in [-0.3, -0.25) is 4.79 Å². The van der Waals surface area contributed by atoms with Gasteiger partial charge in [-0.25, -0.2) is 13.5 Å². The molecule has 1 aromatic carbocycles. The lowest BCUT2D eigenvalue weighted by molar-refractivity contribution is 0.602. The fraction of sp³-hybridized carbons (Fsp3) is 0.0909. The maximum Gasteiger partial charge on any atom is 0.272 e. The van der Waals surface area contributed by atoms with Crippen molar-refractivity contribution in [3.8, 4) is 11.1 Å². The predicted molar refractivity (Wildman–Crippen MR) is 63.4 cm³/mol. The Bertz CT molecular complexity index is 687. The fourth-order valence-corrected chi connectivity index (χ4v) is 2.08. The molecule has 17 heavy (non-hydrogen) atoms. The second-order valence-electron chi connectivity index (χ2n) is 3.60. The van der Waals surface area contributed by atoms with Crippen LogP contribution in [0, 0.1) is 0 Å². The first-order chi connectivity index (χ1) is 7.98. The number of aromatic nitrogens is 2. The zero-order valence-electron chi connectivity index (χ0n) is 9.04. The second kappa shape index (κ2) is 4.14. The van der Waals surface area contributed by atoms with Crippen molar-refractivity contribution in [3.05, 3.63) is 46.9 Å². The number of hydrogen-bond donors (Lipinski definition) is 1. The standard InChI is InChI=1S/C11H10N2O3S/c1-17(15,16)9-4-2-8(3-5-9)10-6-7-12-13-11(10)14/h2-7H,1H3,(H,13,14). The van der Waals surface area contributed by atoms with Crippen molar-refractivity contribution < 1.29 is 8.42 Å². The number of sulfone groups is 1. The highest BCUT2D eigenvalue weighted by atomic mass is 32.2. The van der Waals surface area contributed by atoms with Crippen LogP contribution in [0.15, 0.2) is 46.2 Å². The van der Waals surface area contributed by atoms with E-state index in [1.807, 2.05) is 0 Å². The van der Waals surface area contributed by atoms with Crippen molar-refractivity contribution >= 4 is 9.84 Å². The highest BCUT2D eigenvalue weighted by Crippen LogP contribution is 2.17. The van der Waals surface area contributed by atoms with E-state index in [-0.39, 0.29) is 10.5 Å². The Kier molecular flexibility index (Phi) is 2.81. The predicted octanol–water partition coefficient (Wildman–Crippen LogP) is 0.840. The van der Waals surface area contributed by atoms with E-state index in [1.54, 1.807) is 18.2 Å². The molecule has 0 amide bonds. The lowest BCUT2D eigenvalue weighted by Crippen LogP contribution is -2.09. The normalized spacial score (nSPS) is 11.4. The molecule has 0 saturated carbocycles. The molecule has 0 saturated heterocycles. The van der Waals surface area contributed by atoms with Gasteiger partial charge in [0.05, 0.1) is 4.90 Å².